The minimum absolute atomic E-state index is 0.0147. The summed E-state index contributed by atoms with van der Waals surface area (Å²) in [6, 6.07) is 5.90. The van der Waals surface area contributed by atoms with Gasteiger partial charge in [0.2, 0.25) is 0 Å². The third-order valence-corrected chi connectivity index (χ3v) is 3.70. The molecule has 4 heteroatoms. The Balaban J connectivity index is 2.79. The smallest absolute Gasteiger partial charge is 0.308 e. The van der Waals surface area contributed by atoms with Crippen LogP contribution in [0.25, 0.3) is 5.52 Å². The van der Waals surface area contributed by atoms with Crippen LogP contribution in [0.1, 0.15) is 33.4 Å². The van der Waals surface area contributed by atoms with Crippen molar-refractivity contribution >= 4 is 34.1 Å². The number of pyridine rings is 1. The first-order chi connectivity index (χ1) is 8.32. The predicted octanol–water partition coefficient (Wildman–Crippen LogP) is 3.77. The maximum atomic E-state index is 11.2. The molecule has 0 aliphatic rings. The summed E-state index contributed by atoms with van der Waals surface area (Å²) in [5.41, 5.74) is 2.08. The first-order valence-electron chi connectivity index (χ1n) is 5.80. The van der Waals surface area contributed by atoms with Crippen molar-refractivity contribution in [3.8, 4) is 5.75 Å². The van der Waals surface area contributed by atoms with Crippen molar-refractivity contribution in [2.45, 2.75) is 33.1 Å². The Morgan fingerprint density at radius 3 is 2.56 bits per heavy atom. The predicted molar refractivity (Wildman–Crippen MR) is 80.1 cm³/mol. The van der Waals surface area contributed by atoms with Gasteiger partial charge in [-0.3, -0.25) is 4.79 Å². The fourth-order valence-electron chi connectivity index (χ4n) is 2.08. The maximum absolute atomic E-state index is 11.2. The minimum atomic E-state index is -0.287. The lowest BCUT2D eigenvalue weighted by atomic mass is 9.92. The van der Waals surface area contributed by atoms with Gasteiger partial charge in [0.25, 0.3) is 0 Å². The number of nitrogens with zero attached hydrogens (tertiary/aromatic N) is 1. The van der Waals surface area contributed by atoms with E-state index in [0.717, 1.165) is 14.8 Å². The highest BCUT2D eigenvalue weighted by atomic mass is 127. The normalized spacial score (nSPS) is 11.8. The molecular weight excluding hydrogens is 341 g/mol. The number of carbonyl (C=O) groups is 1. The van der Waals surface area contributed by atoms with Gasteiger partial charge < -0.3 is 9.14 Å². The van der Waals surface area contributed by atoms with Crippen molar-refractivity contribution in [3.63, 3.8) is 0 Å². The van der Waals surface area contributed by atoms with Gasteiger partial charge in [-0.05, 0) is 34.7 Å². The van der Waals surface area contributed by atoms with Crippen molar-refractivity contribution in [2.75, 3.05) is 0 Å². The monoisotopic (exact) mass is 357 g/mol. The van der Waals surface area contributed by atoms with Gasteiger partial charge >= 0.3 is 5.97 Å². The Morgan fingerprint density at radius 2 is 2.00 bits per heavy atom. The molecule has 2 rings (SSSR count). The molecule has 0 unspecified atom stereocenters. The summed E-state index contributed by atoms with van der Waals surface area (Å²) in [7, 11) is 0. The van der Waals surface area contributed by atoms with Crippen LogP contribution < -0.4 is 4.74 Å². The minimum Gasteiger partial charge on any atom is -0.423 e. The molecule has 2 aromatic heterocycles. The molecule has 0 atom stereocenters. The van der Waals surface area contributed by atoms with Crippen LogP contribution in [0.5, 0.6) is 5.75 Å². The highest BCUT2D eigenvalue weighted by Gasteiger charge is 2.26. The second kappa shape index (κ2) is 4.57. The van der Waals surface area contributed by atoms with E-state index < -0.39 is 0 Å². The quantitative estimate of drug-likeness (QED) is 0.575. The Kier molecular flexibility index (Phi) is 3.40. The molecule has 0 aliphatic carbocycles. The van der Waals surface area contributed by atoms with E-state index in [1.807, 2.05) is 24.4 Å². The zero-order valence-electron chi connectivity index (χ0n) is 11.0. The average molecular weight is 357 g/mol. The summed E-state index contributed by atoms with van der Waals surface area (Å²) >= 11 is 2.25. The molecule has 0 spiro atoms. The van der Waals surface area contributed by atoms with Crippen LogP contribution in [0.15, 0.2) is 24.4 Å². The van der Waals surface area contributed by atoms with E-state index >= 15 is 0 Å². The van der Waals surface area contributed by atoms with E-state index in [9.17, 15) is 4.79 Å². The van der Waals surface area contributed by atoms with Crippen molar-refractivity contribution in [1.29, 1.82) is 0 Å². The van der Waals surface area contributed by atoms with Crippen molar-refractivity contribution in [3.05, 3.63) is 33.7 Å². The van der Waals surface area contributed by atoms with Crippen LogP contribution in [0, 0.1) is 3.57 Å². The van der Waals surface area contributed by atoms with Gasteiger partial charge in [0.1, 0.15) is 0 Å². The van der Waals surface area contributed by atoms with Gasteiger partial charge in [-0.2, -0.15) is 0 Å². The molecule has 0 amide bonds. The molecule has 0 saturated heterocycles. The largest absolute Gasteiger partial charge is 0.423 e. The van der Waals surface area contributed by atoms with Gasteiger partial charge in [-0.15, -0.1) is 0 Å². The number of hydrogen-bond acceptors (Lipinski definition) is 2. The van der Waals surface area contributed by atoms with Crippen LogP contribution in [-0.2, 0) is 10.2 Å². The SMILES string of the molecule is CC(=O)Oc1c(I)c(C(C)(C)C)n2ccccc12. The number of hydrogen-bond donors (Lipinski definition) is 0. The standard InChI is InChI=1S/C14H16INO2/c1-9(17)18-12-10-7-5-6-8-16(10)13(11(12)15)14(2,3)4/h5-8H,1-4H3. The fourth-order valence-corrected chi connectivity index (χ4v) is 3.54. The molecule has 96 valence electrons. The molecule has 0 N–H and O–H groups in total. The van der Waals surface area contributed by atoms with Gasteiger partial charge in [0.05, 0.1) is 9.09 Å². The third-order valence-electron chi connectivity index (χ3n) is 2.70. The van der Waals surface area contributed by atoms with E-state index in [4.69, 9.17) is 4.74 Å². The van der Waals surface area contributed by atoms with Crippen molar-refractivity contribution in [2.24, 2.45) is 0 Å². The second-order valence-electron chi connectivity index (χ2n) is 5.29. The number of rotatable bonds is 1. The number of ether oxygens (including phenoxy) is 1. The number of aromatic nitrogens is 1. The van der Waals surface area contributed by atoms with Gasteiger partial charge in [0.15, 0.2) is 5.75 Å². The molecule has 2 aromatic rings. The Labute approximate surface area is 120 Å². The van der Waals surface area contributed by atoms with Crippen LogP contribution in [-0.4, -0.2) is 10.4 Å². The van der Waals surface area contributed by atoms with Crippen molar-refractivity contribution in [1.82, 2.24) is 4.40 Å². The molecule has 18 heavy (non-hydrogen) atoms. The summed E-state index contributed by atoms with van der Waals surface area (Å²) in [6.45, 7) is 7.89. The van der Waals surface area contributed by atoms with Crippen LogP contribution in [0.2, 0.25) is 0 Å². The lowest BCUT2D eigenvalue weighted by Crippen LogP contribution is -2.15. The Bertz CT molecular complexity index is 608. The van der Waals surface area contributed by atoms with Gasteiger partial charge in [-0.25, -0.2) is 0 Å². The zero-order chi connectivity index (χ0) is 13.5. The molecule has 2 heterocycles. The van der Waals surface area contributed by atoms with E-state index in [1.54, 1.807) is 0 Å². The number of carbonyl (C=O) groups excluding carboxylic acids is 1. The molecule has 0 radical (unpaired) electrons. The molecule has 0 aliphatic heterocycles. The third kappa shape index (κ3) is 2.25. The fraction of sp³-hybridized carbons (Fsp3) is 0.357. The van der Waals surface area contributed by atoms with E-state index in [-0.39, 0.29) is 11.4 Å². The molecule has 0 aromatic carbocycles. The maximum Gasteiger partial charge on any atom is 0.308 e. The number of esters is 1. The Morgan fingerprint density at radius 1 is 1.33 bits per heavy atom. The van der Waals surface area contributed by atoms with Crippen LogP contribution in [0.4, 0.5) is 0 Å². The molecule has 3 nitrogen and oxygen atoms in total. The average Bonchev–Trinajstić information content (AvgIpc) is 2.51. The molecule has 0 bridgehead atoms. The highest BCUT2D eigenvalue weighted by Crippen LogP contribution is 2.38. The molecule has 0 saturated carbocycles. The topological polar surface area (TPSA) is 30.7 Å². The van der Waals surface area contributed by atoms with Gasteiger partial charge in [0, 0.05) is 24.2 Å². The van der Waals surface area contributed by atoms with Gasteiger partial charge in [-0.1, -0.05) is 26.8 Å². The Hall–Kier alpha value is -1.04. The lowest BCUT2D eigenvalue weighted by molar-refractivity contribution is -0.131. The highest BCUT2D eigenvalue weighted by molar-refractivity contribution is 14.1. The number of fused-ring (bicyclic) bond motifs is 1. The van der Waals surface area contributed by atoms with Crippen molar-refractivity contribution < 1.29 is 9.53 Å². The summed E-state index contributed by atoms with van der Waals surface area (Å²) in [4.78, 5) is 11.2. The van der Waals surface area contributed by atoms with Crippen LogP contribution >= 0.6 is 22.6 Å². The van der Waals surface area contributed by atoms with E-state index in [1.165, 1.54) is 6.92 Å². The first kappa shape index (κ1) is 13.4. The number of halogens is 1. The zero-order valence-corrected chi connectivity index (χ0v) is 13.1. The first-order valence-corrected chi connectivity index (χ1v) is 6.87. The van der Waals surface area contributed by atoms with E-state index in [2.05, 4.69) is 47.8 Å². The molecular formula is C14H16INO2. The summed E-state index contributed by atoms with van der Waals surface area (Å²) in [6.07, 6.45) is 2.01. The summed E-state index contributed by atoms with van der Waals surface area (Å²) in [5, 5.41) is 0. The summed E-state index contributed by atoms with van der Waals surface area (Å²) in [5.74, 6) is 0.373. The van der Waals surface area contributed by atoms with Crippen LogP contribution in [0.3, 0.4) is 0 Å². The summed E-state index contributed by atoms with van der Waals surface area (Å²) < 4.78 is 8.47. The lowest BCUT2D eigenvalue weighted by Gasteiger charge is -2.19. The van der Waals surface area contributed by atoms with E-state index in [0.29, 0.717) is 5.75 Å². The molecule has 0 fully saturated rings. The second-order valence-corrected chi connectivity index (χ2v) is 6.37.